The van der Waals surface area contributed by atoms with Crippen molar-refractivity contribution in [3.05, 3.63) is 23.8 Å². The van der Waals surface area contributed by atoms with Gasteiger partial charge < -0.3 is 9.47 Å². The summed E-state index contributed by atoms with van der Waals surface area (Å²) in [5.41, 5.74) is 0.910. The average molecular weight is 306 g/mol. The second-order valence-electron chi connectivity index (χ2n) is 5.30. The number of carbonyl (C=O) groups is 2. The van der Waals surface area contributed by atoms with Crippen LogP contribution in [0.25, 0.3) is 0 Å². The summed E-state index contributed by atoms with van der Waals surface area (Å²) in [6.07, 6.45) is 4.98. The van der Waals surface area contributed by atoms with E-state index < -0.39 is 0 Å². The third kappa shape index (κ3) is 5.88. The standard InChI is InChI=1S/C18H26O4/c1-4-7-11-14-12-8-13-15(21-16(19)9-5-2)18(14)22-17(20)10-6-3/h8,12-13H,4-7,9-11H2,1-3H3. The zero-order valence-corrected chi connectivity index (χ0v) is 13.8. The third-order valence-electron chi connectivity index (χ3n) is 3.21. The summed E-state index contributed by atoms with van der Waals surface area (Å²) in [6, 6.07) is 5.43. The van der Waals surface area contributed by atoms with Crippen molar-refractivity contribution < 1.29 is 19.1 Å². The molecule has 0 spiro atoms. The molecule has 22 heavy (non-hydrogen) atoms. The van der Waals surface area contributed by atoms with Crippen molar-refractivity contribution in [3.8, 4) is 11.5 Å². The van der Waals surface area contributed by atoms with Crippen LogP contribution in [0.4, 0.5) is 0 Å². The maximum Gasteiger partial charge on any atom is 0.311 e. The lowest BCUT2D eigenvalue weighted by Crippen LogP contribution is -2.13. The lowest BCUT2D eigenvalue weighted by Gasteiger charge is -2.14. The first kappa shape index (κ1) is 18.2. The van der Waals surface area contributed by atoms with E-state index in [9.17, 15) is 9.59 Å². The maximum absolute atomic E-state index is 11.8. The Balaban J connectivity index is 3.01. The molecule has 0 aliphatic heterocycles. The smallest absolute Gasteiger partial charge is 0.311 e. The SMILES string of the molecule is CCCCc1cccc(OC(=O)CCC)c1OC(=O)CCC. The number of hydrogen-bond donors (Lipinski definition) is 0. The Bertz CT molecular complexity index is 494. The minimum absolute atomic E-state index is 0.292. The predicted octanol–water partition coefficient (Wildman–Crippen LogP) is 4.44. The molecule has 0 aromatic heterocycles. The summed E-state index contributed by atoms with van der Waals surface area (Å²) >= 11 is 0. The molecule has 0 bridgehead atoms. The molecule has 0 atom stereocenters. The highest BCUT2D eigenvalue weighted by atomic mass is 16.6. The fourth-order valence-electron chi connectivity index (χ4n) is 2.07. The van der Waals surface area contributed by atoms with E-state index in [1.54, 1.807) is 6.07 Å². The van der Waals surface area contributed by atoms with Crippen molar-refractivity contribution in [1.82, 2.24) is 0 Å². The van der Waals surface area contributed by atoms with Crippen molar-refractivity contribution in [2.24, 2.45) is 0 Å². The highest BCUT2D eigenvalue weighted by Gasteiger charge is 2.17. The van der Waals surface area contributed by atoms with Crippen LogP contribution >= 0.6 is 0 Å². The van der Waals surface area contributed by atoms with Gasteiger partial charge in [-0.1, -0.05) is 39.3 Å². The number of para-hydroxylation sites is 1. The van der Waals surface area contributed by atoms with Gasteiger partial charge in [0.1, 0.15) is 0 Å². The van der Waals surface area contributed by atoms with Crippen LogP contribution in [0.1, 0.15) is 64.9 Å². The zero-order chi connectivity index (χ0) is 16.4. The second-order valence-corrected chi connectivity index (χ2v) is 5.30. The molecular formula is C18H26O4. The number of unbranched alkanes of at least 4 members (excludes halogenated alkanes) is 1. The van der Waals surface area contributed by atoms with Crippen molar-refractivity contribution >= 4 is 11.9 Å². The Hall–Kier alpha value is -1.84. The number of benzene rings is 1. The summed E-state index contributed by atoms with van der Waals surface area (Å²) in [5.74, 6) is 0.150. The van der Waals surface area contributed by atoms with E-state index in [0.717, 1.165) is 37.7 Å². The number of carbonyl (C=O) groups excluding carboxylic acids is 2. The quantitative estimate of drug-likeness (QED) is 0.500. The van der Waals surface area contributed by atoms with Gasteiger partial charge in [0.15, 0.2) is 11.5 Å². The fraction of sp³-hybridized carbons (Fsp3) is 0.556. The highest BCUT2D eigenvalue weighted by molar-refractivity contribution is 5.76. The molecule has 1 aromatic carbocycles. The first-order valence-corrected chi connectivity index (χ1v) is 8.15. The van der Waals surface area contributed by atoms with Gasteiger partial charge in [-0.2, -0.15) is 0 Å². The van der Waals surface area contributed by atoms with E-state index >= 15 is 0 Å². The first-order valence-electron chi connectivity index (χ1n) is 8.15. The normalized spacial score (nSPS) is 10.3. The van der Waals surface area contributed by atoms with Crippen molar-refractivity contribution in [3.63, 3.8) is 0 Å². The van der Waals surface area contributed by atoms with E-state index in [4.69, 9.17) is 9.47 Å². The monoisotopic (exact) mass is 306 g/mol. The molecule has 122 valence electrons. The summed E-state index contributed by atoms with van der Waals surface area (Å²) in [6.45, 7) is 5.95. The lowest BCUT2D eigenvalue weighted by molar-refractivity contribution is -0.137. The topological polar surface area (TPSA) is 52.6 Å². The molecule has 0 aliphatic carbocycles. The zero-order valence-electron chi connectivity index (χ0n) is 13.8. The van der Waals surface area contributed by atoms with Crippen LogP contribution in [-0.2, 0) is 16.0 Å². The van der Waals surface area contributed by atoms with E-state index in [0.29, 0.717) is 24.3 Å². The van der Waals surface area contributed by atoms with Gasteiger partial charge in [0.25, 0.3) is 0 Å². The largest absolute Gasteiger partial charge is 0.423 e. The molecule has 0 fully saturated rings. The van der Waals surface area contributed by atoms with Crippen LogP contribution in [0.15, 0.2) is 18.2 Å². The highest BCUT2D eigenvalue weighted by Crippen LogP contribution is 2.33. The number of hydrogen-bond acceptors (Lipinski definition) is 4. The summed E-state index contributed by atoms with van der Waals surface area (Å²) in [7, 11) is 0. The molecule has 0 saturated carbocycles. The Labute approximate surface area is 132 Å². The molecule has 0 saturated heterocycles. The number of ether oxygens (including phenoxy) is 2. The number of rotatable bonds is 9. The van der Waals surface area contributed by atoms with Gasteiger partial charge in [-0.15, -0.1) is 0 Å². The summed E-state index contributed by atoms with van der Waals surface area (Å²) in [4.78, 5) is 23.6. The summed E-state index contributed by atoms with van der Waals surface area (Å²) < 4.78 is 10.8. The van der Waals surface area contributed by atoms with Gasteiger partial charge in [0, 0.05) is 12.8 Å². The first-order chi connectivity index (χ1) is 10.6. The Morgan fingerprint density at radius 2 is 1.55 bits per heavy atom. The number of esters is 2. The van der Waals surface area contributed by atoms with E-state index in [-0.39, 0.29) is 11.9 Å². The van der Waals surface area contributed by atoms with Crippen LogP contribution < -0.4 is 9.47 Å². The summed E-state index contributed by atoms with van der Waals surface area (Å²) in [5, 5.41) is 0. The van der Waals surface area contributed by atoms with Crippen LogP contribution in [0.3, 0.4) is 0 Å². The van der Waals surface area contributed by atoms with E-state index in [2.05, 4.69) is 6.92 Å². The van der Waals surface area contributed by atoms with E-state index in [1.165, 1.54) is 0 Å². The third-order valence-corrected chi connectivity index (χ3v) is 3.21. The molecule has 1 aromatic rings. The molecule has 0 aliphatic rings. The Kier molecular flexibility index (Phi) is 8.26. The van der Waals surface area contributed by atoms with E-state index in [1.807, 2.05) is 26.0 Å². The Morgan fingerprint density at radius 1 is 0.909 bits per heavy atom. The lowest BCUT2D eigenvalue weighted by atomic mass is 10.1. The molecule has 0 radical (unpaired) electrons. The second kappa shape index (κ2) is 9.98. The van der Waals surface area contributed by atoms with Crippen LogP contribution in [0.5, 0.6) is 11.5 Å². The molecule has 1 rings (SSSR count). The maximum atomic E-state index is 11.8. The van der Waals surface area contributed by atoms with Crippen molar-refractivity contribution in [1.29, 1.82) is 0 Å². The molecule has 4 nitrogen and oxygen atoms in total. The molecular weight excluding hydrogens is 280 g/mol. The van der Waals surface area contributed by atoms with Crippen LogP contribution in [0.2, 0.25) is 0 Å². The van der Waals surface area contributed by atoms with Gasteiger partial charge in [-0.05, 0) is 37.3 Å². The van der Waals surface area contributed by atoms with Gasteiger partial charge >= 0.3 is 11.9 Å². The van der Waals surface area contributed by atoms with Gasteiger partial charge in [0.05, 0.1) is 0 Å². The predicted molar refractivity (Wildman–Crippen MR) is 86.1 cm³/mol. The minimum atomic E-state index is -0.303. The molecule has 4 heteroatoms. The fourth-order valence-corrected chi connectivity index (χ4v) is 2.07. The number of aryl methyl sites for hydroxylation is 1. The van der Waals surface area contributed by atoms with Gasteiger partial charge in [0.2, 0.25) is 0 Å². The van der Waals surface area contributed by atoms with Crippen molar-refractivity contribution in [2.45, 2.75) is 65.7 Å². The van der Waals surface area contributed by atoms with Crippen LogP contribution in [0, 0.1) is 0 Å². The van der Waals surface area contributed by atoms with Crippen LogP contribution in [-0.4, -0.2) is 11.9 Å². The molecule has 0 amide bonds. The molecule has 0 N–H and O–H groups in total. The van der Waals surface area contributed by atoms with Crippen molar-refractivity contribution in [2.75, 3.05) is 0 Å². The van der Waals surface area contributed by atoms with Gasteiger partial charge in [-0.3, -0.25) is 9.59 Å². The Morgan fingerprint density at radius 3 is 2.14 bits per heavy atom. The molecule has 0 unspecified atom stereocenters. The molecule has 0 heterocycles. The minimum Gasteiger partial charge on any atom is -0.423 e. The average Bonchev–Trinajstić information content (AvgIpc) is 2.48. The van der Waals surface area contributed by atoms with Gasteiger partial charge in [-0.25, -0.2) is 0 Å².